The zero-order valence-electron chi connectivity index (χ0n) is 8.12. The second-order valence-electron chi connectivity index (χ2n) is 2.99. The summed E-state index contributed by atoms with van der Waals surface area (Å²) in [6.45, 7) is 0. The molecule has 88 valence electrons. The monoisotopic (exact) mass is 304 g/mol. The van der Waals surface area contributed by atoms with Crippen molar-refractivity contribution < 1.29 is 17.9 Å². The summed E-state index contributed by atoms with van der Waals surface area (Å²) in [5.74, 6) is -4.39. The Bertz CT molecular complexity index is 565. The molecule has 7 heteroatoms. The van der Waals surface area contributed by atoms with Crippen molar-refractivity contribution in [3.63, 3.8) is 0 Å². The molecule has 0 bridgehead atoms. The Hall–Kier alpha value is -1.63. The fourth-order valence-electron chi connectivity index (χ4n) is 1.06. The Morgan fingerprint density at radius 3 is 2.53 bits per heavy atom. The molecule has 0 radical (unpaired) electrons. The van der Waals surface area contributed by atoms with E-state index >= 15 is 0 Å². The standard InChI is InChI=1S/C10H4BrF3N2O/c11-5-1-6(4-15-3-5)17-10-8(13)2-7(12)9(14)16-10/h1-4H. The molecule has 0 N–H and O–H groups in total. The van der Waals surface area contributed by atoms with E-state index in [-0.39, 0.29) is 5.75 Å². The van der Waals surface area contributed by atoms with Crippen LogP contribution in [0, 0.1) is 17.6 Å². The lowest BCUT2D eigenvalue weighted by Crippen LogP contribution is -1.98. The van der Waals surface area contributed by atoms with Crippen LogP contribution in [0.15, 0.2) is 29.0 Å². The zero-order chi connectivity index (χ0) is 12.4. The summed E-state index contributed by atoms with van der Waals surface area (Å²) in [7, 11) is 0. The Balaban J connectivity index is 2.33. The zero-order valence-corrected chi connectivity index (χ0v) is 9.71. The lowest BCUT2D eigenvalue weighted by molar-refractivity contribution is 0.386. The van der Waals surface area contributed by atoms with Crippen LogP contribution >= 0.6 is 15.9 Å². The number of hydrogen-bond acceptors (Lipinski definition) is 3. The Morgan fingerprint density at radius 2 is 1.82 bits per heavy atom. The van der Waals surface area contributed by atoms with Crippen LogP contribution in [-0.4, -0.2) is 9.97 Å². The molecular formula is C10H4BrF3N2O. The summed E-state index contributed by atoms with van der Waals surface area (Å²) < 4.78 is 44.1. The Kier molecular flexibility index (Phi) is 3.28. The molecule has 17 heavy (non-hydrogen) atoms. The van der Waals surface area contributed by atoms with E-state index in [0.29, 0.717) is 10.5 Å². The van der Waals surface area contributed by atoms with Gasteiger partial charge in [-0.15, -0.1) is 0 Å². The molecule has 0 aliphatic heterocycles. The van der Waals surface area contributed by atoms with Crippen molar-refractivity contribution in [1.82, 2.24) is 9.97 Å². The Labute approximate surface area is 102 Å². The summed E-state index contributed by atoms with van der Waals surface area (Å²) in [6.07, 6.45) is 2.77. The molecule has 0 saturated carbocycles. The van der Waals surface area contributed by atoms with Gasteiger partial charge >= 0.3 is 0 Å². The van der Waals surface area contributed by atoms with E-state index in [0.717, 1.165) is 0 Å². The first-order valence-corrected chi connectivity index (χ1v) is 5.15. The van der Waals surface area contributed by atoms with Gasteiger partial charge in [-0.05, 0) is 22.0 Å². The number of hydrogen-bond donors (Lipinski definition) is 0. The first-order valence-electron chi connectivity index (χ1n) is 4.36. The van der Waals surface area contributed by atoms with Crippen molar-refractivity contribution in [2.24, 2.45) is 0 Å². The van der Waals surface area contributed by atoms with Crippen LogP contribution in [0.2, 0.25) is 0 Å². The number of ether oxygens (including phenoxy) is 1. The van der Waals surface area contributed by atoms with Gasteiger partial charge in [0.1, 0.15) is 5.75 Å². The van der Waals surface area contributed by atoms with Crippen LogP contribution in [0.25, 0.3) is 0 Å². The van der Waals surface area contributed by atoms with E-state index < -0.39 is 23.5 Å². The summed E-state index contributed by atoms with van der Waals surface area (Å²) in [5, 5.41) is 0. The van der Waals surface area contributed by atoms with Gasteiger partial charge in [-0.2, -0.15) is 9.37 Å². The lowest BCUT2D eigenvalue weighted by atomic mass is 10.4. The van der Waals surface area contributed by atoms with Gasteiger partial charge in [0.25, 0.3) is 11.8 Å². The molecule has 0 fully saturated rings. The van der Waals surface area contributed by atoms with Crippen LogP contribution < -0.4 is 4.74 Å². The van der Waals surface area contributed by atoms with Gasteiger partial charge in [-0.25, -0.2) is 8.78 Å². The minimum Gasteiger partial charge on any atom is -0.435 e. The minimum absolute atomic E-state index is 0.150. The molecule has 0 aliphatic carbocycles. The molecule has 2 rings (SSSR count). The first kappa shape index (κ1) is 11.8. The second kappa shape index (κ2) is 4.70. The molecule has 0 spiro atoms. The molecule has 0 amide bonds. The highest BCUT2D eigenvalue weighted by Crippen LogP contribution is 2.24. The molecule has 2 heterocycles. The molecule has 3 nitrogen and oxygen atoms in total. The average Bonchev–Trinajstić information content (AvgIpc) is 2.26. The van der Waals surface area contributed by atoms with Crippen molar-refractivity contribution in [1.29, 1.82) is 0 Å². The maximum Gasteiger partial charge on any atom is 0.258 e. The quantitative estimate of drug-likeness (QED) is 0.797. The second-order valence-corrected chi connectivity index (χ2v) is 3.90. The van der Waals surface area contributed by atoms with Crippen molar-refractivity contribution in [3.8, 4) is 11.6 Å². The number of pyridine rings is 2. The van der Waals surface area contributed by atoms with E-state index in [1.54, 1.807) is 0 Å². The van der Waals surface area contributed by atoms with E-state index in [1.165, 1.54) is 18.5 Å². The molecule has 0 unspecified atom stereocenters. The van der Waals surface area contributed by atoms with Crippen LogP contribution in [0.1, 0.15) is 0 Å². The summed E-state index contributed by atoms with van der Waals surface area (Å²) >= 11 is 3.13. The van der Waals surface area contributed by atoms with Gasteiger partial charge in [0.15, 0.2) is 11.6 Å². The predicted octanol–water partition coefficient (Wildman–Crippen LogP) is 3.45. The maximum atomic E-state index is 13.2. The highest BCUT2D eigenvalue weighted by molar-refractivity contribution is 9.10. The van der Waals surface area contributed by atoms with Crippen molar-refractivity contribution in [2.75, 3.05) is 0 Å². The molecule has 0 atom stereocenters. The Morgan fingerprint density at radius 1 is 1.06 bits per heavy atom. The van der Waals surface area contributed by atoms with E-state index in [9.17, 15) is 13.2 Å². The normalized spacial score (nSPS) is 10.4. The van der Waals surface area contributed by atoms with Crippen LogP contribution in [0.5, 0.6) is 11.6 Å². The van der Waals surface area contributed by atoms with Crippen LogP contribution in [0.4, 0.5) is 13.2 Å². The summed E-state index contributed by atoms with van der Waals surface area (Å²) in [6, 6.07) is 1.85. The third-order valence-electron chi connectivity index (χ3n) is 1.75. The SMILES string of the molecule is Fc1cc(F)c(Oc2cncc(Br)c2)nc1F. The molecule has 0 aliphatic rings. The van der Waals surface area contributed by atoms with E-state index in [1.807, 2.05) is 0 Å². The molecule has 0 saturated heterocycles. The fraction of sp³-hybridized carbons (Fsp3) is 0. The number of nitrogens with zero attached hydrogens (tertiary/aromatic N) is 2. The van der Waals surface area contributed by atoms with Crippen molar-refractivity contribution in [2.45, 2.75) is 0 Å². The fourth-order valence-corrected chi connectivity index (χ4v) is 1.40. The van der Waals surface area contributed by atoms with Gasteiger partial charge in [0, 0.05) is 16.7 Å². The molecular weight excluding hydrogens is 301 g/mol. The van der Waals surface area contributed by atoms with Gasteiger partial charge < -0.3 is 4.74 Å². The lowest BCUT2D eigenvalue weighted by Gasteiger charge is -2.05. The minimum atomic E-state index is -1.43. The smallest absolute Gasteiger partial charge is 0.258 e. The van der Waals surface area contributed by atoms with Gasteiger partial charge in [0.05, 0.1) is 6.20 Å². The van der Waals surface area contributed by atoms with Crippen LogP contribution in [0.3, 0.4) is 0 Å². The van der Waals surface area contributed by atoms with E-state index in [4.69, 9.17) is 4.74 Å². The molecule has 2 aromatic heterocycles. The van der Waals surface area contributed by atoms with Gasteiger partial charge in [0.2, 0.25) is 0 Å². The average molecular weight is 305 g/mol. The summed E-state index contributed by atoms with van der Waals surface area (Å²) in [4.78, 5) is 6.78. The maximum absolute atomic E-state index is 13.2. The topological polar surface area (TPSA) is 35.0 Å². The van der Waals surface area contributed by atoms with Crippen molar-refractivity contribution >= 4 is 15.9 Å². The highest BCUT2D eigenvalue weighted by Gasteiger charge is 2.13. The molecule has 0 aromatic carbocycles. The third kappa shape index (κ3) is 2.73. The summed E-state index contributed by atoms with van der Waals surface area (Å²) in [5.41, 5.74) is 0. The number of aromatic nitrogens is 2. The first-order chi connectivity index (χ1) is 8.06. The van der Waals surface area contributed by atoms with Gasteiger partial charge in [-0.1, -0.05) is 0 Å². The highest BCUT2D eigenvalue weighted by atomic mass is 79.9. The van der Waals surface area contributed by atoms with Crippen molar-refractivity contribution in [3.05, 3.63) is 46.6 Å². The molecule has 2 aromatic rings. The predicted molar refractivity (Wildman–Crippen MR) is 56.1 cm³/mol. The largest absolute Gasteiger partial charge is 0.435 e. The van der Waals surface area contributed by atoms with Crippen LogP contribution in [-0.2, 0) is 0 Å². The number of halogens is 4. The van der Waals surface area contributed by atoms with E-state index in [2.05, 4.69) is 25.9 Å². The third-order valence-corrected chi connectivity index (χ3v) is 2.18. The van der Waals surface area contributed by atoms with Gasteiger partial charge in [-0.3, -0.25) is 4.98 Å². The number of rotatable bonds is 2.